The van der Waals surface area contributed by atoms with Crippen LogP contribution >= 0.6 is 0 Å². The normalized spacial score (nSPS) is 11.0. The fraction of sp³-hybridized carbons (Fsp3) is 0.417. The van der Waals surface area contributed by atoms with Crippen molar-refractivity contribution in [1.29, 1.82) is 0 Å². The van der Waals surface area contributed by atoms with Crippen LogP contribution in [0, 0.1) is 0 Å². The summed E-state index contributed by atoms with van der Waals surface area (Å²) >= 11 is 0. The van der Waals surface area contributed by atoms with Gasteiger partial charge >= 0.3 is 0 Å². The molecule has 1 rings (SSSR count). The molecule has 0 atom stereocenters. The summed E-state index contributed by atoms with van der Waals surface area (Å²) in [6.45, 7) is 3.20. The minimum Gasteiger partial charge on any atom is -0.497 e. The smallest absolute Gasteiger partial charge is 0.206 e. The molecule has 0 unspecified atom stereocenters. The van der Waals surface area contributed by atoms with Crippen molar-refractivity contribution in [3.8, 4) is 11.5 Å². The van der Waals surface area contributed by atoms with Gasteiger partial charge in [-0.3, -0.25) is 5.43 Å². The van der Waals surface area contributed by atoms with Crippen LogP contribution in [0.15, 0.2) is 23.2 Å². The quantitative estimate of drug-likeness (QED) is 0.310. The third kappa shape index (κ3) is 3.81. The predicted molar refractivity (Wildman–Crippen MR) is 71.7 cm³/mol. The number of hydrogen-bond donors (Lipinski definition) is 3. The molecule has 0 aliphatic carbocycles. The number of nitrogens with zero attached hydrogens (tertiary/aromatic N) is 1. The Hall–Kier alpha value is -1.95. The van der Waals surface area contributed by atoms with Gasteiger partial charge in [-0.05, 0) is 19.1 Å². The average molecular weight is 252 g/mol. The Morgan fingerprint density at radius 3 is 2.67 bits per heavy atom. The first-order valence-corrected chi connectivity index (χ1v) is 5.71. The molecule has 0 heterocycles. The molecular formula is C12H20N4O2. The van der Waals surface area contributed by atoms with Crippen molar-refractivity contribution in [2.24, 2.45) is 10.8 Å². The molecule has 0 aromatic heterocycles. The van der Waals surface area contributed by atoms with Crippen molar-refractivity contribution in [3.63, 3.8) is 0 Å². The third-order valence-electron chi connectivity index (χ3n) is 2.38. The van der Waals surface area contributed by atoms with Crippen LogP contribution in [0.1, 0.15) is 12.5 Å². The molecule has 4 N–H and O–H groups in total. The van der Waals surface area contributed by atoms with E-state index in [1.165, 1.54) is 0 Å². The van der Waals surface area contributed by atoms with Gasteiger partial charge < -0.3 is 14.8 Å². The summed E-state index contributed by atoms with van der Waals surface area (Å²) in [6, 6.07) is 5.62. The molecule has 0 fully saturated rings. The molecule has 0 spiro atoms. The minimum absolute atomic E-state index is 0.472. The second-order valence-corrected chi connectivity index (χ2v) is 3.52. The van der Waals surface area contributed by atoms with E-state index in [0.29, 0.717) is 12.5 Å². The Morgan fingerprint density at radius 2 is 2.11 bits per heavy atom. The first-order valence-electron chi connectivity index (χ1n) is 5.71. The van der Waals surface area contributed by atoms with Gasteiger partial charge in [-0.2, -0.15) is 0 Å². The van der Waals surface area contributed by atoms with Gasteiger partial charge in [-0.1, -0.05) is 0 Å². The van der Waals surface area contributed by atoms with E-state index in [0.717, 1.165) is 23.6 Å². The number of rotatable bonds is 5. The van der Waals surface area contributed by atoms with E-state index in [4.69, 9.17) is 15.3 Å². The van der Waals surface area contributed by atoms with E-state index in [9.17, 15) is 0 Å². The monoisotopic (exact) mass is 252 g/mol. The van der Waals surface area contributed by atoms with Gasteiger partial charge in [-0.25, -0.2) is 10.8 Å². The molecule has 6 heteroatoms. The highest BCUT2D eigenvalue weighted by molar-refractivity contribution is 5.79. The molecule has 100 valence electrons. The number of benzene rings is 1. The lowest BCUT2D eigenvalue weighted by Gasteiger charge is -2.10. The van der Waals surface area contributed by atoms with Gasteiger partial charge in [0.25, 0.3) is 0 Å². The lowest BCUT2D eigenvalue weighted by atomic mass is 10.2. The Bertz CT molecular complexity index is 407. The van der Waals surface area contributed by atoms with Gasteiger partial charge in [0.1, 0.15) is 11.5 Å². The highest BCUT2D eigenvalue weighted by Crippen LogP contribution is 2.24. The van der Waals surface area contributed by atoms with E-state index >= 15 is 0 Å². The molecule has 0 aliphatic rings. The number of hydrogen-bond acceptors (Lipinski definition) is 4. The maximum Gasteiger partial charge on any atom is 0.206 e. The number of nitrogens with two attached hydrogens (primary N) is 1. The standard InChI is InChI=1S/C12H20N4O2/c1-4-14-12(16-13)15-8-9-5-6-10(17-2)7-11(9)18-3/h5-7H,4,8,13H2,1-3H3,(H2,14,15,16). The summed E-state index contributed by atoms with van der Waals surface area (Å²) in [5, 5.41) is 3.01. The first kappa shape index (κ1) is 14.1. The summed E-state index contributed by atoms with van der Waals surface area (Å²) in [7, 11) is 3.24. The highest BCUT2D eigenvalue weighted by Gasteiger charge is 2.04. The van der Waals surface area contributed by atoms with Crippen LogP contribution in [0.3, 0.4) is 0 Å². The van der Waals surface area contributed by atoms with Gasteiger partial charge in [0.2, 0.25) is 5.96 Å². The molecule has 6 nitrogen and oxygen atoms in total. The van der Waals surface area contributed by atoms with Gasteiger partial charge in [0, 0.05) is 18.2 Å². The summed E-state index contributed by atoms with van der Waals surface area (Å²) in [5.41, 5.74) is 3.47. The molecule has 0 saturated heterocycles. The molecule has 0 aliphatic heterocycles. The van der Waals surface area contributed by atoms with E-state index in [1.807, 2.05) is 25.1 Å². The van der Waals surface area contributed by atoms with Crippen LogP contribution in [0.5, 0.6) is 11.5 Å². The Kier molecular flexibility index (Phi) is 5.79. The third-order valence-corrected chi connectivity index (χ3v) is 2.38. The fourth-order valence-electron chi connectivity index (χ4n) is 1.47. The number of nitrogens with one attached hydrogen (secondary N) is 2. The molecule has 0 amide bonds. The van der Waals surface area contributed by atoms with Gasteiger partial charge in [0.05, 0.1) is 20.8 Å². The maximum atomic E-state index is 5.34. The summed E-state index contributed by atoms with van der Waals surface area (Å²) < 4.78 is 10.4. The molecule has 18 heavy (non-hydrogen) atoms. The maximum absolute atomic E-state index is 5.34. The van der Waals surface area contributed by atoms with Crippen LogP contribution in [0.4, 0.5) is 0 Å². The SMILES string of the molecule is CCNC(=NCc1ccc(OC)cc1OC)NN. The first-order chi connectivity index (χ1) is 8.74. The number of guanidine groups is 1. The van der Waals surface area contributed by atoms with E-state index < -0.39 is 0 Å². The van der Waals surface area contributed by atoms with E-state index in [2.05, 4.69) is 15.7 Å². The van der Waals surface area contributed by atoms with Gasteiger partial charge in [0.15, 0.2) is 0 Å². The lowest BCUT2D eigenvalue weighted by Crippen LogP contribution is -2.41. The van der Waals surface area contributed by atoms with Crippen LogP contribution in [0.2, 0.25) is 0 Å². The topological polar surface area (TPSA) is 80.9 Å². The zero-order valence-electron chi connectivity index (χ0n) is 11.0. The van der Waals surface area contributed by atoms with E-state index in [-0.39, 0.29) is 0 Å². The van der Waals surface area contributed by atoms with E-state index in [1.54, 1.807) is 14.2 Å². The Morgan fingerprint density at radius 1 is 1.33 bits per heavy atom. The second-order valence-electron chi connectivity index (χ2n) is 3.52. The largest absolute Gasteiger partial charge is 0.497 e. The van der Waals surface area contributed by atoms with Crippen LogP contribution in [-0.2, 0) is 6.54 Å². The summed E-state index contributed by atoms with van der Waals surface area (Å²) in [6.07, 6.45) is 0. The molecule has 0 saturated carbocycles. The number of methoxy groups -OCH3 is 2. The summed E-state index contributed by atoms with van der Waals surface area (Å²) in [4.78, 5) is 4.31. The number of ether oxygens (including phenoxy) is 2. The molecule has 1 aromatic carbocycles. The zero-order chi connectivity index (χ0) is 13.4. The fourth-order valence-corrected chi connectivity index (χ4v) is 1.47. The lowest BCUT2D eigenvalue weighted by molar-refractivity contribution is 0.391. The second kappa shape index (κ2) is 7.39. The van der Waals surface area contributed by atoms with Crippen LogP contribution in [0.25, 0.3) is 0 Å². The average Bonchev–Trinajstić information content (AvgIpc) is 2.43. The number of aliphatic imine (C=N–C) groups is 1. The van der Waals surface area contributed by atoms with Gasteiger partial charge in [-0.15, -0.1) is 0 Å². The van der Waals surface area contributed by atoms with Crippen molar-refractivity contribution in [1.82, 2.24) is 10.7 Å². The van der Waals surface area contributed by atoms with Crippen LogP contribution in [-0.4, -0.2) is 26.7 Å². The predicted octanol–water partition coefficient (Wildman–Crippen LogP) is 0.633. The summed E-state index contributed by atoms with van der Waals surface area (Å²) in [5.74, 6) is 7.39. The zero-order valence-corrected chi connectivity index (χ0v) is 11.0. The van der Waals surface area contributed by atoms with Crippen molar-refractivity contribution in [2.75, 3.05) is 20.8 Å². The molecule has 0 bridgehead atoms. The van der Waals surface area contributed by atoms with Crippen molar-refractivity contribution in [3.05, 3.63) is 23.8 Å². The Labute approximate surface area is 107 Å². The Balaban J connectivity index is 2.83. The van der Waals surface area contributed by atoms with Crippen molar-refractivity contribution >= 4 is 5.96 Å². The molecule has 0 radical (unpaired) electrons. The number of hydrazine groups is 1. The minimum atomic E-state index is 0.472. The van der Waals surface area contributed by atoms with Crippen LogP contribution < -0.4 is 26.1 Å². The van der Waals surface area contributed by atoms with Crippen molar-refractivity contribution in [2.45, 2.75) is 13.5 Å². The molecular weight excluding hydrogens is 232 g/mol. The van der Waals surface area contributed by atoms with Crippen molar-refractivity contribution < 1.29 is 9.47 Å². The highest BCUT2D eigenvalue weighted by atomic mass is 16.5. The molecule has 1 aromatic rings.